The van der Waals surface area contributed by atoms with Crippen LogP contribution in [0.2, 0.25) is 0 Å². The van der Waals surface area contributed by atoms with Crippen molar-refractivity contribution in [3.05, 3.63) is 83.7 Å². The summed E-state index contributed by atoms with van der Waals surface area (Å²) in [4.78, 5) is 50.5. The van der Waals surface area contributed by atoms with Crippen LogP contribution in [0.5, 0.6) is 0 Å². The molecule has 5 heterocycles. The molecule has 2 fully saturated rings. The van der Waals surface area contributed by atoms with Crippen molar-refractivity contribution in [1.29, 1.82) is 0 Å². The Morgan fingerprint density at radius 2 is 1.42 bits per heavy atom. The van der Waals surface area contributed by atoms with Gasteiger partial charge in [-0.3, -0.25) is 14.4 Å². The molecule has 4 aliphatic rings. The number of esters is 2. The monoisotopic (exact) mass is 913 g/mol. The average Bonchev–Trinajstić information content (AvgIpc) is 4.00. The van der Waals surface area contributed by atoms with Crippen LogP contribution in [0.4, 0.5) is 0 Å². The number of hydrogen-bond donors (Lipinski definition) is 1. The van der Waals surface area contributed by atoms with Gasteiger partial charge in [-0.1, -0.05) is 146 Å². The van der Waals surface area contributed by atoms with E-state index in [9.17, 15) is 19.5 Å². The van der Waals surface area contributed by atoms with Crippen molar-refractivity contribution in [1.82, 2.24) is 9.97 Å². The normalized spacial score (nSPS) is 25.5. The summed E-state index contributed by atoms with van der Waals surface area (Å²) in [6.45, 7) is 23.5. The van der Waals surface area contributed by atoms with Gasteiger partial charge in [0.1, 0.15) is 18.3 Å². The maximum absolute atomic E-state index is 13.6. The van der Waals surface area contributed by atoms with E-state index in [1.54, 1.807) is 6.92 Å². The molecule has 2 aromatic heterocycles. The van der Waals surface area contributed by atoms with Gasteiger partial charge < -0.3 is 35.2 Å². The molecule has 356 valence electrons. The Balaban J connectivity index is 0.00000817. The van der Waals surface area contributed by atoms with Crippen molar-refractivity contribution in [3.63, 3.8) is 0 Å². The van der Waals surface area contributed by atoms with Gasteiger partial charge in [-0.15, -0.1) is 22.4 Å². The third-order valence-corrected chi connectivity index (χ3v) is 15.0. The van der Waals surface area contributed by atoms with E-state index in [4.69, 9.17) is 30.1 Å². The van der Waals surface area contributed by atoms with Crippen LogP contribution in [0.3, 0.4) is 0 Å². The molecule has 6 rings (SSSR count). The number of fused-ring (bicyclic) bond motifs is 8. The van der Waals surface area contributed by atoms with E-state index < -0.39 is 17.9 Å². The molecule has 0 aromatic carbocycles. The fourth-order valence-electron chi connectivity index (χ4n) is 10.9. The number of methoxy groups -OCH3 is 1. The molecule has 2 aromatic rings. The average molecular weight is 914 g/mol. The molecule has 3 aliphatic heterocycles. The molecule has 2 saturated heterocycles. The number of hydrogen-bond acceptors (Lipinski definition) is 6. The number of carbonyl (C=O) groups is 3. The summed E-state index contributed by atoms with van der Waals surface area (Å²) in [7, 11) is 1.32. The van der Waals surface area contributed by atoms with Crippen molar-refractivity contribution in [2.45, 2.75) is 159 Å². The number of aliphatic hydroxyl groups excluding tert-OH is 1. The molecule has 1 unspecified atom stereocenters. The van der Waals surface area contributed by atoms with Crippen molar-refractivity contribution in [3.8, 4) is 0 Å². The van der Waals surface area contributed by atoms with Gasteiger partial charge in [0.25, 0.3) is 0 Å². The van der Waals surface area contributed by atoms with E-state index in [1.165, 1.54) is 57.6 Å². The van der Waals surface area contributed by atoms with Crippen LogP contribution >= 0.6 is 0 Å². The van der Waals surface area contributed by atoms with E-state index in [0.717, 1.165) is 59.3 Å². The largest absolute Gasteiger partial charge is 2.00 e. The zero-order valence-electron chi connectivity index (χ0n) is 42.2. The SMILES string of the molecule is CC[C@H]1/C2=C/c3[n-]c4c(c3C)=C(O)[C@H](C(=O)OC)C=4C3[N-]/C(=C/c4[n-]c(c(C(C)=O)c4C)/C=C(\[N-]2)[C@@H]1C)[C@@H](C)[C@@H]3CCC(=O)OC/C=C(\C)CCC[C@H](C)CCC[C@H](C)CCCC(C)C.[Mg+2]. The molecule has 66 heavy (non-hydrogen) atoms. The van der Waals surface area contributed by atoms with Crippen LogP contribution in [-0.2, 0) is 19.1 Å². The zero-order valence-corrected chi connectivity index (χ0v) is 43.6. The Kier molecular flexibility index (Phi) is 18.8. The van der Waals surface area contributed by atoms with Crippen LogP contribution in [-0.4, -0.2) is 65.6 Å². The number of ether oxygens (including phenoxy) is 2. The van der Waals surface area contributed by atoms with Crippen LogP contribution in [0.25, 0.3) is 40.2 Å². The van der Waals surface area contributed by atoms with Gasteiger partial charge in [0.05, 0.1) is 7.11 Å². The minimum atomic E-state index is -1.10. The number of allylic oxidation sites excluding steroid dienone is 4. The molecule has 10 nitrogen and oxygen atoms in total. The van der Waals surface area contributed by atoms with Gasteiger partial charge in [0, 0.05) is 17.2 Å². The van der Waals surface area contributed by atoms with Crippen LogP contribution in [0, 0.1) is 61.2 Å². The Hall–Kier alpha value is -3.96. The molecule has 8 atom stereocenters. The zero-order chi connectivity index (χ0) is 47.3. The number of ketones is 1. The predicted molar refractivity (Wildman–Crippen MR) is 268 cm³/mol. The summed E-state index contributed by atoms with van der Waals surface area (Å²) >= 11 is 0. The molecule has 1 N–H and O–H groups in total. The number of aliphatic hydroxyl groups is 1. The first kappa shape index (κ1) is 53.0. The Bertz CT molecular complexity index is 2340. The van der Waals surface area contributed by atoms with Crippen molar-refractivity contribution in [2.24, 2.45) is 47.3 Å². The fourth-order valence-corrected chi connectivity index (χ4v) is 10.9. The van der Waals surface area contributed by atoms with Crippen molar-refractivity contribution < 1.29 is 29.0 Å². The van der Waals surface area contributed by atoms with E-state index in [-0.39, 0.29) is 77.3 Å². The van der Waals surface area contributed by atoms with Gasteiger partial charge in [0.15, 0.2) is 5.78 Å². The predicted octanol–water partition coefficient (Wildman–Crippen LogP) is 11.2. The maximum atomic E-state index is 13.6. The summed E-state index contributed by atoms with van der Waals surface area (Å²) in [5.74, 6) is -0.112. The number of nitrogens with zero attached hydrogens (tertiary/aromatic N) is 4. The van der Waals surface area contributed by atoms with Crippen LogP contribution < -0.4 is 20.5 Å². The quantitative estimate of drug-likeness (QED) is 0.0598. The number of carbonyl (C=O) groups excluding carboxylic acids is 3. The fraction of sp³-hybridized carbons (Fsp3) is 0.618. The first-order chi connectivity index (χ1) is 30.9. The minimum absolute atomic E-state index is 0. The maximum Gasteiger partial charge on any atom is 2.00 e. The molecule has 0 amide bonds. The van der Waals surface area contributed by atoms with E-state index in [0.29, 0.717) is 51.1 Å². The molecular weight excluding hydrogens is 837 g/mol. The van der Waals surface area contributed by atoms with E-state index in [2.05, 4.69) is 55.4 Å². The number of Topliss-reactive ketones (excluding diaryl/α,β-unsaturated/α-hetero) is 1. The molecule has 8 bridgehead atoms. The van der Waals surface area contributed by atoms with Crippen molar-refractivity contribution >= 4 is 70.3 Å². The van der Waals surface area contributed by atoms with Crippen LogP contribution in [0.15, 0.2) is 28.7 Å². The number of aromatic nitrogens is 2. The van der Waals surface area contributed by atoms with Crippen LogP contribution in [0.1, 0.15) is 178 Å². The first-order valence-corrected chi connectivity index (χ1v) is 24.7. The van der Waals surface area contributed by atoms with Gasteiger partial charge in [-0.05, 0) is 94.5 Å². The van der Waals surface area contributed by atoms with Gasteiger partial charge >= 0.3 is 35.0 Å². The molecule has 1 aliphatic carbocycles. The van der Waals surface area contributed by atoms with Gasteiger partial charge in [-0.25, -0.2) is 0 Å². The van der Waals surface area contributed by atoms with Crippen molar-refractivity contribution in [2.75, 3.05) is 13.7 Å². The molecule has 0 spiro atoms. The molecule has 0 radical (unpaired) electrons. The standard InChI is InChI=1S/C55H77N4O6.Mg/c1-13-39-34(7)41-29-46-48(38(11)60)36(9)43(57-46)27-42-35(8)40(52(58-42)50-51(55(63)64-12)54(62)49-37(10)44(59-53(49)50)28-45(39)56-41)23-24-47(61)65-26-25-33(6)22-16-21-32(5)20-15-19-31(4)18-14-17-30(2)3;/h25,27-32,34-35,39-40,51-52H,13-24,26H2,1-12H3,(H2-,56,57,60,62);/q-3;+2/p-1/b33-25+,42-27+,45-28-;/t31-,32-,34-,35+,39-,40+,51-,52?;/m1./s1. The topological polar surface area (TPSA) is 146 Å². The summed E-state index contributed by atoms with van der Waals surface area (Å²) in [5.41, 5.74) is 8.21. The second-order valence-corrected chi connectivity index (χ2v) is 20.4. The molecule has 11 heteroatoms. The third kappa shape index (κ3) is 11.8. The van der Waals surface area contributed by atoms with E-state index in [1.807, 2.05) is 38.2 Å². The van der Waals surface area contributed by atoms with E-state index >= 15 is 0 Å². The second kappa shape index (κ2) is 23.4. The van der Waals surface area contributed by atoms with Gasteiger partial charge in [0.2, 0.25) is 0 Å². The molecule has 0 saturated carbocycles. The first-order valence-electron chi connectivity index (χ1n) is 24.7. The summed E-state index contributed by atoms with van der Waals surface area (Å²) in [5, 5.41) is 23.4. The smallest absolute Gasteiger partial charge is 0.681 e. The number of rotatable bonds is 20. The van der Waals surface area contributed by atoms with Gasteiger partial charge in [-0.2, -0.15) is 17.1 Å². The second-order valence-electron chi connectivity index (χ2n) is 20.4. The Morgan fingerprint density at radius 3 is 2.06 bits per heavy atom. The molecular formula is C55H76MgN4O6-2. The Labute approximate surface area is 411 Å². The summed E-state index contributed by atoms with van der Waals surface area (Å²) in [6, 6.07) is -0.616. The Morgan fingerprint density at radius 1 is 0.803 bits per heavy atom. The minimum Gasteiger partial charge on any atom is -0.681 e. The summed E-state index contributed by atoms with van der Waals surface area (Å²) < 4.78 is 11.1. The summed E-state index contributed by atoms with van der Waals surface area (Å²) in [6.07, 6.45) is 20.6. The third-order valence-electron chi connectivity index (χ3n) is 15.0.